The first kappa shape index (κ1) is 24.2. The molecule has 2 aromatic heterocycles. The van der Waals surface area contributed by atoms with Crippen molar-refractivity contribution in [3.63, 3.8) is 0 Å². The molecule has 0 saturated heterocycles. The Kier molecular flexibility index (Phi) is 6.74. The molecule has 0 amide bonds. The average molecular weight is 495 g/mol. The van der Waals surface area contributed by atoms with E-state index in [2.05, 4.69) is 9.82 Å². The SMILES string of the molecule is CCOC(=O)c1cnn(-c2cc(C)c3cccc(C)c3n2)c1NS(=O)(=O)c1ccc(OCC)cc1. The Labute approximate surface area is 203 Å². The maximum atomic E-state index is 13.3. The minimum Gasteiger partial charge on any atom is -0.494 e. The van der Waals surface area contributed by atoms with Crippen molar-refractivity contribution in [2.45, 2.75) is 32.6 Å². The Bertz CT molecular complexity index is 1490. The highest BCUT2D eigenvalue weighted by molar-refractivity contribution is 7.92. The third-order valence-corrected chi connectivity index (χ3v) is 6.75. The largest absolute Gasteiger partial charge is 0.494 e. The molecule has 2 aromatic carbocycles. The van der Waals surface area contributed by atoms with Crippen LogP contribution in [0.2, 0.25) is 0 Å². The van der Waals surface area contributed by atoms with Gasteiger partial charge in [-0.2, -0.15) is 9.78 Å². The standard InChI is InChI=1S/C25H26N4O5S/c1-5-33-18-10-12-19(13-11-18)35(31,32)28-24-21(25(30)34-6-2)15-26-29(24)22-14-17(4)20-9-7-8-16(3)23(20)27-22/h7-15,28H,5-6H2,1-4H3. The quantitative estimate of drug-likeness (QED) is 0.361. The van der Waals surface area contributed by atoms with Crippen LogP contribution in [0.1, 0.15) is 35.3 Å². The zero-order valence-corrected chi connectivity index (χ0v) is 20.7. The summed E-state index contributed by atoms with van der Waals surface area (Å²) in [4.78, 5) is 17.4. The lowest BCUT2D eigenvalue weighted by Crippen LogP contribution is -2.19. The van der Waals surface area contributed by atoms with Gasteiger partial charge in [0.25, 0.3) is 10.0 Å². The second kappa shape index (κ2) is 9.75. The third-order valence-electron chi connectivity index (χ3n) is 5.39. The summed E-state index contributed by atoms with van der Waals surface area (Å²) in [5.74, 6) is 0.160. The normalized spacial score (nSPS) is 11.4. The summed E-state index contributed by atoms with van der Waals surface area (Å²) < 4.78 is 40.8. The van der Waals surface area contributed by atoms with Crippen molar-refractivity contribution >= 4 is 32.7 Å². The van der Waals surface area contributed by atoms with Gasteiger partial charge in [0.1, 0.15) is 11.3 Å². The minimum atomic E-state index is -4.08. The number of fused-ring (bicyclic) bond motifs is 1. The van der Waals surface area contributed by atoms with Gasteiger partial charge in [-0.25, -0.2) is 18.2 Å². The van der Waals surface area contributed by atoms with Crippen LogP contribution in [-0.2, 0) is 14.8 Å². The van der Waals surface area contributed by atoms with Crippen molar-refractivity contribution in [1.29, 1.82) is 0 Å². The van der Waals surface area contributed by atoms with Crippen LogP contribution in [0.4, 0.5) is 5.82 Å². The number of para-hydroxylation sites is 1. The summed E-state index contributed by atoms with van der Waals surface area (Å²) in [6.07, 6.45) is 1.27. The number of aromatic nitrogens is 3. The molecule has 1 N–H and O–H groups in total. The molecule has 0 spiro atoms. The number of carbonyl (C=O) groups is 1. The fourth-order valence-corrected chi connectivity index (χ4v) is 4.76. The Morgan fingerprint density at radius 1 is 1.03 bits per heavy atom. The molecule has 0 aliphatic carbocycles. The van der Waals surface area contributed by atoms with Gasteiger partial charge in [0.15, 0.2) is 11.6 Å². The fraction of sp³-hybridized carbons (Fsp3) is 0.240. The van der Waals surface area contributed by atoms with E-state index in [0.29, 0.717) is 18.2 Å². The lowest BCUT2D eigenvalue weighted by molar-refractivity contribution is 0.0527. The number of ether oxygens (including phenoxy) is 2. The number of hydrogen-bond acceptors (Lipinski definition) is 7. The van der Waals surface area contributed by atoms with E-state index in [1.54, 1.807) is 25.1 Å². The van der Waals surface area contributed by atoms with Crippen LogP contribution in [0.3, 0.4) is 0 Å². The van der Waals surface area contributed by atoms with Crippen LogP contribution in [0.5, 0.6) is 5.75 Å². The summed E-state index contributed by atoms with van der Waals surface area (Å²) >= 11 is 0. The van der Waals surface area contributed by atoms with Crippen LogP contribution in [0.25, 0.3) is 16.7 Å². The van der Waals surface area contributed by atoms with Crippen LogP contribution < -0.4 is 9.46 Å². The van der Waals surface area contributed by atoms with Gasteiger partial charge in [-0.15, -0.1) is 0 Å². The molecule has 0 radical (unpaired) electrons. The summed E-state index contributed by atoms with van der Waals surface area (Å²) in [7, 11) is -4.08. The van der Waals surface area contributed by atoms with Crippen molar-refractivity contribution < 1.29 is 22.7 Å². The number of hydrogen-bond donors (Lipinski definition) is 1. The second-order valence-electron chi connectivity index (χ2n) is 7.82. The molecule has 182 valence electrons. The van der Waals surface area contributed by atoms with Crippen molar-refractivity contribution in [2.75, 3.05) is 17.9 Å². The predicted octanol–water partition coefficient (Wildman–Crippen LogP) is 4.41. The molecule has 0 saturated carbocycles. The summed E-state index contributed by atoms with van der Waals surface area (Å²) in [5.41, 5.74) is 2.63. The first-order valence-electron chi connectivity index (χ1n) is 11.1. The number of pyridine rings is 1. The molecule has 4 aromatic rings. The zero-order valence-electron chi connectivity index (χ0n) is 19.9. The number of benzene rings is 2. The average Bonchev–Trinajstić information content (AvgIpc) is 3.23. The van der Waals surface area contributed by atoms with E-state index in [1.807, 2.05) is 39.0 Å². The number of carbonyl (C=O) groups excluding carboxylic acids is 1. The molecule has 0 bridgehead atoms. The molecule has 10 heteroatoms. The highest BCUT2D eigenvalue weighted by Crippen LogP contribution is 2.28. The number of nitrogens with one attached hydrogen (secondary N) is 1. The first-order chi connectivity index (χ1) is 16.7. The van der Waals surface area contributed by atoms with E-state index >= 15 is 0 Å². The molecule has 0 fully saturated rings. The summed E-state index contributed by atoms with van der Waals surface area (Å²) in [6.45, 7) is 7.98. The molecule has 0 aliphatic rings. The van der Waals surface area contributed by atoms with Crippen LogP contribution in [0.15, 0.2) is 59.6 Å². The van der Waals surface area contributed by atoms with Crippen LogP contribution >= 0.6 is 0 Å². The molecular weight excluding hydrogens is 468 g/mol. The van der Waals surface area contributed by atoms with Gasteiger partial charge in [0.05, 0.1) is 29.8 Å². The third kappa shape index (κ3) is 4.83. The Morgan fingerprint density at radius 3 is 2.46 bits per heavy atom. The molecule has 0 atom stereocenters. The number of anilines is 1. The van der Waals surface area contributed by atoms with E-state index in [-0.39, 0.29) is 22.9 Å². The van der Waals surface area contributed by atoms with E-state index in [1.165, 1.54) is 23.0 Å². The van der Waals surface area contributed by atoms with Gasteiger partial charge >= 0.3 is 5.97 Å². The maximum absolute atomic E-state index is 13.3. The zero-order chi connectivity index (χ0) is 25.2. The van der Waals surface area contributed by atoms with Gasteiger partial charge in [-0.3, -0.25) is 4.72 Å². The van der Waals surface area contributed by atoms with Crippen molar-refractivity contribution in [3.05, 3.63) is 71.4 Å². The lowest BCUT2D eigenvalue weighted by atomic mass is 10.1. The number of esters is 1. The molecular formula is C25H26N4O5S. The van der Waals surface area contributed by atoms with Crippen molar-refractivity contribution in [2.24, 2.45) is 0 Å². The minimum absolute atomic E-state index is 0.00186. The summed E-state index contributed by atoms with van der Waals surface area (Å²) in [5, 5.41) is 5.27. The number of sulfonamides is 1. The molecule has 2 heterocycles. The molecule has 0 aliphatic heterocycles. The first-order valence-corrected chi connectivity index (χ1v) is 12.6. The smallest absolute Gasteiger partial charge is 0.343 e. The highest BCUT2D eigenvalue weighted by Gasteiger charge is 2.26. The van der Waals surface area contributed by atoms with Gasteiger partial charge < -0.3 is 9.47 Å². The molecule has 35 heavy (non-hydrogen) atoms. The lowest BCUT2D eigenvalue weighted by Gasteiger charge is -2.14. The molecule has 0 unspecified atom stereocenters. The van der Waals surface area contributed by atoms with E-state index in [9.17, 15) is 13.2 Å². The van der Waals surface area contributed by atoms with Gasteiger partial charge in [0.2, 0.25) is 0 Å². The van der Waals surface area contributed by atoms with Crippen molar-refractivity contribution in [1.82, 2.24) is 14.8 Å². The number of aryl methyl sites for hydroxylation is 2. The van der Waals surface area contributed by atoms with Gasteiger partial charge in [-0.1, -0.05) is 18.2 Å². The Hall–Kier alpha value is -3.92. The topological polar surface area (TPSA) is 112 Å². The van der Waals surface area contributed by atoms with Crippen LogP contribution in [0, 0.1) is 13.8 Å². The van der Waals surface area contributed by atoms with Gasteiger partial charge in [0, 0.05) is 5.39 Å². The van der Waals surface area contributed by atoms with E-state index in [4.69, 9.17) is 14.5 Å². The van der Waals surface area contributed by atoms with Crippen LogP contribution in [-0.4, -0.2) is 42.4 Å². The maximum Gasteiger partial charge on any atom is 0.343 e. The highest BCUT2D eigenvalue weighted by atomic mass is 32.2. The predicted molar refractivity (Wildman–Crippen MR) is 133 cm³/mol. The van der Waals surface area contributed by atoms with E-state index in [0.717, 1.165) is 22.0 Å². The van der Waals surface area contributed by atoms with Crippen molar-refractivity contribution in [3.8, 4) is 11.6 Å². The summed E-state index contributed by atoms with van der Waals surface area (Å²) in [6, 6.07) is 13.7. The molecule has 9 nitrogen and oxygen atoms in total. The van der Waals surface area contributed by atoms with Gasteiger partial charge in [-0.05, 0) is 69.2 Å². The Morgan fingerprint density at radius 2 is 1.77 bits per heavy atom. The number of rotatable bonds is 8. The molecule has 4 rings (SSSR count). The second-order valence-corrected chi connectivity index (χ2v) is 9.50. The van der Waals surface area contributed by atoms with E-state index < -0.39 is 16.0 Å². The fourth-order valence-electron chi connectivity index (χ4n) is 3.70. The Balaban J connectivity index is 1.83. The number of nitrogens with zero attached hydrogens (tertiary/aromatic N) is 3. The monoisotopic (exact) mass is 494 g/mol.